The van der Waals surface area contributed by atoms with E-state index in [9.17, 15) is 24.6 Å². The lowest BCUT2D eigenvalue weighted by atomic mass is 10.1. The summed E-state index contributed by atoms with van der Waals surface area (Å²) in [4.78, 5) is 36.8. The number of hydrogen-bond donors (Lipinski definition) is 4. The van der Waals surface area contributed by atoms with E-state index in [0.29, 0.717) is 5.69 Å². The number of nitrogens with zero attached hydrogens (tertiary/aromatic N) is 1. The van der Waals surface area contributed by atoms with Crippen molar-refractivity contribution < 1.29 is 24.6 Å². The molecule has 0 heterocycles. The van der Waals surface area contributed by atoms with Gasteiger partial charge >= 0.3 is 18.0 Å². The van der Waals surface area contributed by atoms with E-state index in [1.54, 1.807) is 18.2 Å². The van der Waals surface area contributed by atoms with Gasteiger partial charge in [-0.2, -0.15) is 0 Å². The Bertz CT molecular complexity index is 653. The molecule has 1 rings (SSSR count). The SMILES string of the molecule is Cc1cccc(NC(=O)N[C@@H](CC(C(=O)O)N(CCCl)CCCl)C(=O)O)c1. The molecule has 0 aliphatic heterocycles. The van der Waals surface area contributed by atoms with Gasteiger partial charge in [-0.15, -0.1) is 23.2 Å². The lowest BCUT2D eigenvalue weighted by Crippen LogP contribution is -2.51. The zero-order valence-corrected chi connectivity index (χ0v) is 16.3. The van der Waals surface area contributed by atoms with Crippen molar-refractivity contribution in [1.82, 2.24) is 10.2 Å². The number of carbonyl (C=O) groups is 3. The predicted molar refractivity (Wildman–Crippen MR) is 104 cm³/mol. The minimum Gasteiger partial charge on any atom is -0.480 e. The Morgan fingerprint density at radius 3 is 2.22 bits per heavy atom. The number of carboxylic acid groups (broad SMARTS) is 2. The summed E-state index contributed by atoms with van der Waals surface area (Å²) < 4.78 is 0. The van der Waals surface area contributed by atoms with Crippen LogP contribution in [-0.2, 0) is 9.59 Å². The third-order valence-electron chi connectivity index (χ3n) is 3.81. The van der Waals surface area contributed by atoms with Gasteiger partial charge in [0, 0.05) is 37.0 Å². The van der Waals surface area contributed by atoms with Crippen molar-refractivity contribution in [1.29, 1.82) is 0 Å². The van der Waals surface area contributed by atoms with E-state index < -0.39 is 30.1 Å². The zero-order chi connectivity index (χ0) is 20.4. The molecule has 0 aromatic heterocycles. The van der Waals surface area contributed by atoms with E-state index in [2.05, 4.69) is 10.6 Å². The first-order chi connectivity index (χ1) is 12.8. The van der Waals surface area contributed by atoms with Crippen LogP contribution in [0.2, 0.25) is 0 Å². The van der Waals surface area contributed by atoms with Crippen LogP contribution in [0.4, 0.5) is 10.5 Å². The highest BCUT2D eigenvalue weighted by Gasteiger charge is 2.32. The van der Waals surface area contributed by atoms with Gasteiger partial charge in [-0.1, -0.05) is 12.1 Å². The van der Waals surface area contributed by atoms with Gasteiger partial charge in [-0.25, -0.2) is 9.59 Å². The van der Waals surface area contributed by atoms with Gasteiger partial charge in [0.1, 0.15) is 12.1 Å². The van der Waals surface area contributed by atoms with E-state index in [4.69, 9.17) is 23.2 Å². The monoisotopic (exact) mass is 419 g/mol. The molecule has 2 atom stereocenters. The van der Waals surface area contributed by atoms with Crippen LogP contribution in [0, 0.1) is 6.92 Å². The van der Waals surface area contributed by atoms with Crippen molar-refractivity contribution in [2.24, 2.45) is 0 Å². The van der Waals surface area contributed by atoms with Crippen LogP contribution < -0.4 is 10.6 Å². The second kappa shape index (κ2) is 11.6. The van der Waals surface area contributed by atoms with E-state index in [1.165, 1.54) is 4.90 Å². The van der Waals surface area contributed by atoms with Gasteiger partial charge in [0.05, 0.1) is 0 Å². The summed E-state index contributed by atoms with van der Waals surface area (Å²) >= 11 is 11.4. The van der Waals surface area contributed by atoms with Crippen LogP contribution in [0.15, 0.2) is 24.3 Å². The molecule has 0 fully saturated rings. The van der Waals surface area contributed by atoms with Crippen LogP contribution in [0.3, 0.4) is 0 Å². The molecule has 1 unspecified atom stereocenters. The molecule has 4 N–H and O–H groups in total. The lowest BCUT2D eigenvalue weighted by Gasteiger charge is -2.29. The first kappa shape index (κ1) is 23.0. The molecule has 150 valence electrons. The van der Waals surface area contributed by atoms with Gasteiger partial charge in [0.2, 0.25) is 0 Å². The first-order valence-corrected chi connectivity index (χ1v) is 9.31. The number of aliphatic carboxylic acids is 2. The Hall–Kier alpha value is -2.03. The number of alkyl halides is 2. The van der Waals surface area contributed by atoms with Crippen molar-refractivity contribution in [3.05, 3.63) is 29.8 Å². The Balaban J connectivity index is 2.84. The highest BCUT2D eigenvalue weighted by molar-refractivity contribution is 6.18. The smallest absolute Gasteiger partial charge is 0.326 e. The first-order valence-electron chi connectivity index (χ1n) is 8.24. The van der Waals surface area contributed by atoms with E-state index in [1.807, 2.05) is 13.0 Å². The van der Waals surface area contributed by atoms with Crippen molar-refractivity contribution in [2.75, 3.05) is 30.2 Å². The largest absolute Gasteiger partial charge is 0.480 e. The van der Waals surface area contributed by atoms with Crippen LogP contribution in [0.5, 0.6) is 0 Å². The number of rotatable bonds is 11. The molecule has 0 aliphatic rings. The number of carboxylic acids is 2. The number of amides is 2. The van der Waals surface area contributed by atoms with E-state index in [-0.39, 0.29) is 31.3 Å². The average molecular weight is 420 g/mol. The Morgan fingerprint density at radius 2 is 1.74 bits per heavy atom. The van der Waals surface area contributed by atoms with Gasteiger partial charge in [-0.3, -0.25) is 9.69 Å². The Kier molecular flexibility index (Phi) is 9.92. The molecule has 0 spiro atoms. The molecule has 0 radical (unpaired) electrons. The van der Waals surface area contributed by atoms with Gasteiger partial charge in [0.25, 0.3) is 0 Å². The van der Waals surface area contributed by atoms with Gasteiger partial charge in [0.15, 0.2) is 0 Å². The van der Waals surface area contributed by atoms with Crippen molar-refractivity contribution >= 4 is 46.9 Å². The van der Waals surface area contributed by atoms with Crippen molar-refractivity contribution in [3.8, 4) is 0 Å². The third kappa shape index (κ3) is 8.03. The summed E-state index contributed by atoms with van der Waals surface area (Å²) in [5.41, 5.74) is 1.42. The summed E-state index contributed by atoms with van der Waals surface area (Å²) in [6.07, 6.45) is -0.334. The predicted octanol–water partition coefficient (Wildman–Crippen LogP) is 2.19. The maximum Gasteiger partial charge on any atom is 0.326 e. The van der Waals surface area contributed by atoms with Crippen LogP contribution >= 0.6 is 23.2 Å². The summed E-state index contributed by atoms with van der Waals surface area (Å²) in [5.74, 6) is -2.21. The molecule has 0 saturated carbocycles. The molecule has 8 nitrogen and oxygen atoms in total. The number of halogens is 2. The molecule has 10 heteroatoms. The number of hydrogen-bond acceptors (Lipinski definition) is 4. The van der Waals surface area contributed by atoms with Crippen LogP contribution in [0.25, 0.3) is 0 Å². The standard InChI is InChI=1S/C17H23Cl2N3O5/c1-11-3-2-4-12(9-11)20-17(27)21-13(15(23)24)10-14(16(25)26)22(7-5-18)8-6-19/h2-4,9,13-14H,5-8,10H2,1H3,(H,23,24)(H,25,26)(H2,20,21,27)/t13-,14?/m0/s1. The number of urea groups is 1. The summed E-state index contributed by atoms with van der Waals surface area (Å²) in [6, 6.07) is 3.69. The molecule has 0 bridgehead atoms. The average Bonchev–Trinajstić information content (AvgIpc) is 2.58. The topological polar surface area (TPSA) is 119 Å². The molecule has 2 amide bonds. The van der Waals surface area contributed by atoms with Crippen LogP contribution in [0.1, 0.15) is 12.0 Å². The molecule has 27 heavy (non-hydrogen) atoms. The zero-order valence-electron chi connectivity index (χ0n) is 14.8. The normalized spacial score (nSPS) is 13.0. The minimum absolute atomic E-state index is 0.166. The number of benzene rings is 1. The fraction of sp³-hybridized carbons (Fsp3) is 0.471. The van der Waals surface area contributed by atoms with Crippen molar-refractivity contribution in [3.63, 3.8) is 0 Å². The second-order valence-corrected chi connectivity index (χ2v) is 6.62. The van der Waals surface area contributed by atoms with Gasteiger partial charge < -0.3 is 20.8 Å². The fourth-order valence-corrected chi connectivity index (χ4v) is 2.97. The van der Waals surface area contributed by atoms with Crippen LogP contribution in [-0.4, -0.2) is 70.0 Å². The Labute approximate surface area is 167 Å². The van der Waals surface area contributed by atoms with Crippen molar-refractivity contribution in [2.45, 2.75) is 25.4 Å². The molecule has 1 aromatic rings. The Morgan fingerprint density at radius 1 is 1.11 bits per heavy atom. The van der Waals surface area contributed by atoms with E-state index >= 15 is 0 Å². The molecule has 1 aromatic carbocycles. The maximum absolute atomic E-state index is 12.1. The maximum atomic E-state index is 12.1. The number of anilines is 1. The number of nitrogens with one attached hydrogen (secondary N) is 2. The van der Waals surface area contributed by atoms with E-state index in [0.717, 1.165) is 5.56 Å². The minimum atomic E-state index is -1.40. The molecule has 0 saturated heterocycles. The molecule has 0 aliphatic carbocycles. The number of carbonyl (C=O) groups excluding carboxylic acids is 1. The number of aryl methyl sites for hydroxylation is 1. The summed E-state index contributed by atoms with van der Waals surface area (Å²) in [5, 5.41) is 23.7. The molecular weight excluding hydrogens is 397 g/mol. The highest BCUT2D eigenvalue weighted by atomic mass is 35.5. The third-order valence-corrected chi connectivity index (χ3v) is 4.15. The highest BCUT2D eigenvalue weighted by Crippen LogP contribution is 2.12. The fourth-order valence-electron chi connectivity index (χ4n) is 2.54. The lowest BCUT2D eigenvalue weighted by molar-refractivity contribution is -0.145. The quantitative estimate of drug-likeness (QED) is 0.408. The summed E-state index contributed by atoms with van der Waals surface area (Å²) in [6.45, 7) is 2.31. The summed E-state index contributed by atoms with van der Waals surface area (Å²) in [7, 11) is 0. The second-order valence-electron chi connectivity index (χ2n) is 5.86. The van der Waals surface area contributed by atoms with Gasteiger partial charge in [-0.05, 0) is 24.6 Å². The molecular formula is C17H23Cl2N3O5.